The molecule has 0 radical (unpaired) electrons. The van der Waals surface area contributed by atoms with Crippen molar-refractivity contribution in [3.63, 3.8) is 0 Å². The summed E-state index contributed by atoms with van der Waals surface area (Å²) in [5.74, 6) is 1.92. The van der Waals surface area contributed by atoms with Crippen LogP contribution in [0.2, 0.25) is 0 Å². The van der Waals surface area contributed by atoms with Crippen LogP contribution in [0.4, 0.5) is 0 Å². The molecule has 2 rings (SSSR count). The van der Waals surface area contributed by atoms with Gasteiger partial charge in [0.25, 0.3) is 0 Å². The minimum Gasteiger partial charge on any atom is -0.493 e. The summed E-state index contributed by atoms with van der Waals surface area (Å²) in [5, 5.41) is 0. The molecule has 1 aromatic carbocycles. The molecule has 2 N–H and O–H groups in total. The quantitative estimate of drug-likeness (QED) is 0.871. The van der Waals surface area contributed by atoms with Gasteiger partial charge in [-0.3, -0.25) is 0 Å². The van der Waals surface area contributed by atoms with Crippen LogP contribution in [0.3, 0.4) is 0 Å². The molecule has 0 aromatic heterocycles. The third-order valence-electron chi connectivity index (χ3n) is 2.92. The zero-order valence-corrected chi connectivity index (χ0v) is 11.0. The first-order chi connectivity index (χ1) is 7.79. The second-order valence-electron chi connectivity index (χ2n) is 4.37. The highest BCUT2D eigenvalue weighted by Gasteiger charge is 2.20. The second-order valence-corrected chi connectivity index (χ2v) is 5.29. The number of nitrogens with two attached hydrogens (primary N) is 1. The van der Waals surface area contributed by atoms with E-state index in [1.165, 1.54) is 24.8 Å². The molecule has 0 amide bonds. The van der Waals surface area contributed by atoms with Crippen LogP contribution in [0.25, 0.3) is 0 Å². The standard InChI is InChI=1S/C13H18BrNO/c14-12-3-4-13(11(9-12)5-7-15)16-8-6-10-1-2-10/h3-4,9-10H,1-2,5-8,15H2. The summed E-state index contributed by atoms with van der Waals surface area (Å²) in [5.41, 5.74) is 6.80. The molecule has 16 heavy (non-hydrogen) atoms. The van der Waals surface area contributed by atoms with Crippen molar-refractivity contribution in [3.05, 3.63) is 28.2 Å². The van der Waals surface area contributed by atoms with E-state index in [0.29, 0.717) is 6.54 Å². The molecule has 3 heteroatoms. The van der Waals surface area contributed by atoms with Crippen molar-refractivity contribution in [1.82, 2.24) is 0 Å². The Morgan fingerprint density at radius 3 is 2.88 bits per heavy atom. The van der Waals surface area contributed by atoms with Crippen molar-refractivity contribution in [3.8, 4) is 5.75 Å². The molecule has 0 atom stereocenters. The highest BCUT2D eigenvalue weighted by molar-refractivity contribution is 9.10. The fraction of sp³-hybridized carbons (Fsp3) is 0.538. The van der Waals surface area contributed by atoms with Crippen molar-refractivity contribution >= 4 is 15.9 Å². The van der Waals surface area contributed by atoms with Gasteiger partial charge < -0.3 is 10.5 Å². The maximum absolute atomic E-state index is 5.82. The Morgan fingerprint density at radius 1 is 1.38 bits per heavy atom. The third-order valence-corrected chi connectivity index (χ3v) is 3.41. The average molecular weight is 284 g/mol. The smallest absolute Gasteiger partial charge is 0.122 e. The van der Waals surface area contributed by atoms with E-state index in [1.54, 1.807) is 0 Å². The molecule has 0 saturated heterocycles. The maximum atomic E-state index is 5.82. The Labute approximate surface area is 105 Å². The van der Waals surface area contributed by atoms with Gasteiger partial charge in [0.2, 0.25) is 0 Å². The van der Waals surface area contributed by atoms with Crippen molar-refractivity contribution in [2.45, 2.75) is 25.7 Å². The van der Waals surface area contributed by atoms with Gasteiger partial charge >= 0.3 is 0 Å². The van der Waals surface area contributed by atoms with Gasteiger partial charge in [-0.05, 0) is 49.1 Å². The average Bonchev–Trinajstić information content (AvgIpc) is 3.06. The molecular formula is C13H18BrNO. The summed E-state index contributed by atoms with van der Waals surface area (Å²) in [6, 6.07) is 6.15. The van der Waals surface area contributed by atoms with Crippen LogP contribution in [-0.4, -0.2) is 13.2 Å². The summed E-state index contributed by atoms with van der Waals surface area (Å²) in [7, 11) is 0. The van der Waals surface area contributed by atoms with Gasteiger partial charge in [0.15, 0.2) is 0 Å². The van der Waals surface area contributed by atoms with E-state index in [1.807, 2.05) is 12.1 Å². The maximum Gasteiger partial charge on any atom is 0.122 e. The summed E-state index contributed by atoms with van der Waals surface area (Å²) >= 11 is 3.47. The van der Waals surface area contributed by atoms with Gasteiger partial charge in [-0.15, -0.1) is 0 Å². The lowest BCUT2D eigenvalue weighted by Crippen LogP contribution is -2.06. The zero-order valence-electron chi connectivity index (χ0n) is 9.42. The van der Waals surface area contributed by atoms with E-state index < -0.39 is 0 Å². The minimum atomic E-state index is 0.662. The van der Waals surface area contributed by atoms with Crippen LogP contribution >= 0.6 is 15.9 Å². The normalized spacial score (nSPS) is 15.1. The van der Waals surface area contributed by atoms with Gasteiger partial charge in [0.1, 0.15) is 5.75 Å². The first-order valence-electron chi connectivity index (χ1n) is 5.91. The molecule has 1 aliphatic carbocycles. The van der Waals surface area contributed by atoms with Crippen LogP contribution in [-0.2, 0) is 6.42 Å². The number of halogens is 1. The predicted octanol–water partition coefficient (Wildman–Crippen LogP) is 3.13. The van der Waals surface area contributed by atoms with Crippen LogP contribution in [0.15, 0.2) is 22.7 Å². The molecule has 1 fully saturated rings. The number of rotatable bonds is 6. The van der Waals surface area contributed by atoms with Crippen LogP contribution < -0.4 is 10.5 Å². The summed E-state index contributed by atoms with van der Waals surface area (Å²) < 4.78 is 6.91. The third kappa shape index (κ3) is 3.49. The molecule has 1 aromatic rings. The molecule has 0 aliphatic heterocycles. The Kier molecular flexibility index (Phi) is 4.24. The van der Waals surface area contributed by atoms with Gasteiger partial charge in [0.05, 0.1) is 6.61 Å². The van der Waals surface area contributed by atoms with E-state index in [2.05, 4.69) is 22.0 Å². The predicted molar refractivity (Wildman–Crippen MR) is 69.7 cm³/mol. The summed E-state index contributed by atoms with van der Waals surface area (Å²) in [6.45, 7) is 1.50. The number of benzene rings is 1. The number of ether oxygens (including phenoxy) is 1. The largest absolute Gasteiger partial charge is 0.493 e. The molecule has 2 nitrogen and oxygen atoms in total. The summed E-state index contributed by atoms with van der Waals surface area (Å²) in [4.78, 5) is 0. The fourth-order valence-electron chi connectivity index (χ4n) is 1.78. The second kappa shape index (κ2) is 5.69. The first kappa shape index (κ1) is 11.9. The van der Waals surface area contributed by atoms with Crippen LogP contribution in [0, 0.1) is 5.92 Å². The summed E-state index contributed by atoms with van der Waals surface area (Å²) in [6.07, 6.45) is 4.84. The van der Waals surface area contributed by atoms with E-state index in [4.69, 9.17) is 10.5 Å². The molecule has 0 spiro atoms. The van der Waals surface area contributed by atoms with Crippen LogP contribution in [0.1, 0.15) is 24.8 Å². The zero-order chi connectivity index (χ0) is 11.4. The topological polar surface area (TPSA) is 35.2 Å². The number of hydrogen-bond donors (Lipinski definition) is 1. The van der Waals surface area contributed by atoms with E-state index in [-0.39, 0.29) is 0 Å². The fourth-order valence-corrected chi connectivity index (χ4v) is 2.19. The Balaban J connectivity index is 1.93. The van der Waals surface area contributed by atoms with Crippen molar-refractivity contribution < 1.29 is 4.74 Å². The SMILES string of the molecule is NCCc1cc(Br)ccc1OCCC1CC1. The lowest BCUT2D eigenvalue weighted by molar-refractivity contribution is 0.299. The van der Waals surface area contributed by atoms with Gasteiger partial charge in [-0.25, -0.2) is 0 Å². The van der Waals surface area contributed by atoms with Crippen molar-refractivity contribution in [2.75, 3.05) is 13.2 Å². The molecule has 0 unspecified atom stereocenters. The molecule has 88 valence electrons. The molecule has 0 heterocycles. The van der Waals surface area contributed by atoms with Gasteiger partial charge in [-0.1, -0.05) is 28.8 Å². The number of hydrogen-bond acceptors (Lipinski definition) is 2. The first-order valence-corrected chi connectivity index (χ1v) is 6.70. The van der Waals surface area contributed by atoms with E-state index >= 15 is 0 Å². The Morgan fingerprint density at radius 2 is 2.19 bits per heavy atom. The monoisotopic (exact) mass is 283 g/mol. The Bertz CT molecular complexity index is 350. The highest BCUT2D eigenvalue weighted by Crippen LogP contribution is 2.32. The molecule has 0 bridgehead atoms. The van der Waals surface area contributed by atoms with Crippen molar-refractivity contribution in [1.29, 1.82) is 0 Å². The lowest BCUT2D eigenvalue weighted by Gasteiger charge is -2.11. The van der Waals surface area contributed by atoms with E-state index in [9.17, 15) is 0 Å². The Hall–Kier alpha value is -0.540. The minimum absolute atomic E-state index is 0.662. The van der Waals surface area contributed by atoms with Gasteiger partial charge in [-0.2, -0.15) is 0 Å². The lowest BCUT2D eigenvalue weighted by atomic mass is 10.1. The molecule has 1 saturated carbocycles. The van der Waals surface area contributed by atoms with Crippen molar-refractivity contribution in [2.24, 2.45) is 11.7 Å². The van der Waals surface area contributed by atoms with E-state index in [0.717, 1.165) is 29.2 Å². The van der Waals surface area contributed by atoms with Gasteiger partial charge in [0, 0.05) is 4.47 Å². The molecular weight excluding hydrogens is 266 g/mol. The molecule has 1 aliphatic rings. The highest BCUT2D eigenvalue weighted by atomic mass is 79.9. The van der Waals surface area contributed by atoms with Crippen LogP contribution in [0.5, 0.6) is 5.75 Å².